The van der Waals surface area contributed by atoms with Gasteiger partial charge in [-0.15, -0.1) is 0 Å². The topological polar surface area (TPSA) is 64.7 Å². The van der Waals surface area contributed by atoms with Crippen LogP contribution in [0.25, 0.3) is 22.8 Å². The highest BCUT2D eigenvalue weighted by atomic mass is 16.5. The summed E-state index contributed by atoms with van der Waals surface area (Å²) in [5.41, 5.74) is 2.78. The molecule has 0 aliphatic heterocycles. The molecule has 0 unspecified atom stereocenters. The van der Waals surface area contributed by atoms with Gasteiger partial charge in [-0.3, -0.25) is 0 Å². The molecule has 0 N–H and O–H groups in total. The molecule has 2 aromatic heterocycles. The number of nitrogens with zero attached hydrogens (tertiary/aromatic N) is 4. The van der Waals surface area contributed by atoms with Crippen LogP contribution in [0.3, 0.4) is 0 Å². The molecule has 0 fully saturated rings. The maximum absolute atomic E-state index is 5.30. The molecule has 2 heterocycles. The van der Waals surface area contributed by atoms with Crippen molar-refractivity contribution in [1.82, 2.24) is 20.1 Å². The molecule has 5 heteroatoms. The summed E-state index contributed by atoms with van der Waals surface area (Å²) in [6.07, 6.45) is 3.38. The first-order valence-corrected chi connectivity index (χ1v) is 5.93. The van der Waals surface area contributed by atoms with Crippen molar-refractivity contribution in [3.63, 3.8) is 0 Å². The van der Waals surface area contributed by atoms with E-state index in [1.54, 1.807) is 12.4 Å². The summed E-state index contributed by atoms with van der Waals surface area (Å²) in [4.78, 5) is 12.6. The first kappa shape index (κ1) is 11.5. The van der Waals surface area contributed by atoms with E-state index in [0.717, 1.165) is 16.7 Å². The smallest absolute Gasteiger partial charge is 0.258 e. The maximum Gasteiger partial charge on any atom is 0.258 e. The lowest BCUT2D eigenvalue weighted by atomic mass is 10.1. The Bertz CT molecular complexity index is 703. The minimum absolute atomic E-state index is 0.498. The van der Waals surface area contributed by atoms with E-state index >= 15 is 0 Å². The van der Waals surface area contributed by atoms with E-state index in [1.807, 2.05) is 38.1 Å². The zero-order chi connectivity index (χ0) is 13.2. The lowest BCUT2D eigenvalue weighted by Crippen LogP contribution is -1.89. The average molecular weight is 252 g/mol. The van der Waals surface area contributed by atoms with Crippen LogP contribution in [0.15, 0.2) is 41.2 Å². The highest BCUT2D eigenvalue weighted by Gasteiger charge is 2.12. The van der Waals surface area contributed by atoms with Crippen LogP contribution < -0.4 is 0 Å². The number of benzene rings is 1. The average Bonchev–Trinajstić information content (AvgIpc) is 2.89. The number of hydrogen-bond acceptors (Lipinski definition) is 5. The van der Waals surface area contributed by atoms with E-state index in [4.69, 9.17) is 4.52 Å². The zero-order valence-electron chi connectivity index (χ0n) is 10.7. The summed E-state index contributed by atoms with van der Waals surface area (Å²) in [5, 5.41) is 3.97. The van der Waals surface area contributed by atoms with Gasteiger partial charge in [0, 0.05) is 18.0 Å². The van der Waals surface area contributed by atoms with Gasteiger partial charge in [-0.2, -0.15) is 4.98 Å². The Morgan fingerprint density at radius 1 is 1.00 bits per heavy atom. The van der Waals surface area contributed by atoms with E-state index in [2.05, 4.69) is 20.1 Å². The lowest BCUT2D eigenvalue weighted by Gasteiger charge is -1.97. The molecule has 0 aliphatic rings. The number of rotatable bonds is 2. The predicted octanol–water partition coefficient (Wildman–Crippen LogP) is 2.81. The van der Waals surface area contributed by atoms with Gasteiger partial charge in [-0.05, 0) is 25.5 Å². The summed E-state index contributed by atoms with van der Waals surface area (Å²) < 4.78 is 5.30. The van der Waals surface area contributed by atoms with Crippen molar-refractivity contribution in [1.29, 1.82) is 0 Å². The highest BCUT2D eigenvalue weighted by Crippen LogP contribution is 2.23. The first-order chi connectivity index (χ1) is 9.24. The van der Waals surface area contributed by atoms with Crippen LogP contribution in [0, 0.1) is 13.8 Å². The normalized spacial score (nSPS) is 10.6. The van der Waals surface area contributed by atoms with Crippen molar-refractivity contribution >= 4 is 0 Å². The molecule has 0 radical (unpaired) electrons. The molecule has 0 saturated carbocycles. The second-order valence-electron chi connectivity index (χ2n) is 4.26. The molecule has 0 spiro atoms. The Balaban J connectivity index is 2.00. The summed E-state index contributed by atoms with van der Waals surface area (Å²) in [7, 11) is 0. The summed E-state index contributed by atoms with van der Waals surface area (Å²) in [5.74, 6) is 1.72. The van der Waals surface area contributed by atoms with Gasteiger partial charge in [-0.1, -0.05) is 23.4 Å². The molecule has 0 bridgehead atoms. The fourth-order valence-corrected chi connectivity index (χ4v) is 1.77. The van der Waals surface area contributed by atoms with E-state index in [9.17, 15) is 0 Å². The van der Waals surface area contributed by atoms with Crippen molar-refractivity contribution in [2.45, 2.75) is 13.8 Å². The Morgan fingerprint density at radius 2 is 1.74 bits per heavy atom. The molecular formula is C14H12N4O. The Hall–Kier alpha value is -2.56. The molecule has 5 nitrogen and oxygen atoms in total. The minimum Gasteiger partial charge on any atom is -0.334 e. The van der Waals surface area contributed by atoms with Crippen LogP contribution in [0.4, 0.5) is 0 Å². The third kappa shape index (κ3) is 2.22. The summed E-state index contributed by atoms with van der Waals surface area (Å²) in [6, 6.07) is 7.89. The molecule has 1 aromatic carbocycles. The Kier molecular flexibility index (Phi) is 2.79. The second kappa shape index (κ2) is 4.61. The number of aryl methyl sites for hydroxylation is 2. The zero-order valence-corrected chi connectivity index (χ0v) is 10.7. The molecular weight excluding hydrogens is 240 g/mol. The molecule has 0 aliphatic carbocycles. The molecule has 0 saturated heterocycles. The van der Waals surface area contributed by atoms with Gasteiger partial charge in [0.25, 0.3) is 5.89 Å². The van der Waals surface area contributed by atoms with Crippen molar-refractivity contribution < 1.29 is 4.52 Å². The fourth-order valence-electron chi connectivity index (χ4n) is 1.77. The second-order valence-corrected chi connectivity index (χ2v) is 4.26. The maximum atomic E-state index is 5.30. The molecule has 0 atom stereocenters. The van der Waals surface area contributed by atoms with E-state index < -0.39 is 0 Å². The van der Waals surface area contributed by atoms with Crippen LogP contribution in [0.1, 0.15) is 11.4 Å². The van der Waals surface area contributed by atoms with Crippen LogP contribution in [0.5, 0.6) is 0 Å². The third-order valence-electron chi connectivity index (χ3n) is 2.84. The van der Waals surface area contributed by atoms with Gasteiger partial charge in [0.1, 0.15) is 5.82 Å². The molecule has 3 rings (SSSR count). The summed E-state index contributed by atoms with van der Waals surface area (Å²) >= 11 is 0. The molecule has 94 valence electrons. The largest absolute Gasteiger partial charge is 0.334 e. The van der Waals surface area contributed by atoms with Crippen molar-refractivity contribution in [2.75, 3.05) is 0 Å². The van der Waals surface area contributed by atoms with Gasteiger partial charge >= 0.3 is 0 Å². The van der Waals surface area contributed by atoms with Crippen LogP contribution in [0.2, 0.25) is 0 Å². The summed E-state index contributed by atoms with van der Waals surface area (Å²) in [6.45, 7) is 3.84. The Morgan fingerprint density at radius 3 is 2.47 bits per heavy atom. The monoisotopic (exact) mass is 252 g/mol. The van der Waals surface area contributed by atoms with E-state index in [-0.39, 0.29) is 0 Å². The van der Waals surface area contributed by atoms with E-state index in [0.29, 0.717) is 17.5 Å². The highest BCUT2D eigenvalue weighted by molar-refractivity contribution is 5.61. The van der Waals surface area contributed by atoms with Gasteiger partial charge in [0.15, 0.2) is 0 Å². The predicted molar refractivity (Wildman–Crippen MR) is 70.2 cm³/mol. The van der Waals surface area contributed by atoms with Crippen LogP contribution >= 0.6 is 0 Å². The fraction of sp³-hybridized carbons (Fsp3) is 0.143. The lowest BCUT2D eigenvalue weighted by molar-refractivity contribution is 0.432. The molecule has 19 heavy (non-hydrogen) atoms. The van der Waals surface area contributed by atoms with Crippen molar-refractivity contribution in [3.8, 4) is 22.8 Å². The number of hydrogen-bond donors (Lipinski definition) is 0. The first-order valence-electron chi connectivity index (χ1n) is 5.93. The van der Waals surface area contributed by atoms with E-state index in [1.165, 1.54) is 0 Å². The van der Waals surface area contributed by atoms with Crippen molar-refractivity contribution in [3.05, 3.63) is 48.0 Å². The van der Waals surface area contributed by atoms with Crippen LogP contribution in [-0.2, 0) is 0 Å². The van der Waals surface area contributed by atoms with Crippen LogP contribution in [-0.4, -0.2) is 20.1 Å². The van der Waals surface area contributed by atoms with Gasteiger partial charge in [-0.25, -0.2) is 9.97 Å². The minimum atomic E-state index is 0.498. The van der Waals surface area contributed by atoms with Crippen molar-refractivity contribution in [2.24, 2.45) is 0 Å². The molecule has 0 amide bonds. The Labute approximate surface area is 110 Å². The third-order valence-corrected chi connectivity index (χ3v) is 2.84. The quantitative estimate of drug-likeness (QED) is 0.701. The van der Waals surface area contributed by atoms with Gasteiger partial charge < -0.3 is 4.52 Å². The number of aromatic nitrogens is 4. The SMILES string of the molecule is Cc1ncc(-c2noc(-c3ccccc3C)n2)cn1. The van der Waals surface area contributed by atoms with Gasteiger partial charge in [0.2, 0.25) is 5.82 Å². The molecule has 3 aromatic rings. The standard InChI is InChI=1S/C14H12N4O/c1-9-5-3-4-6-12(9)14-17-13(18-19-14)11-7-15-10(2)16-8-11/h3-8H,1-2H3. The van der Waals surface area contributed by atoms with Gasteiger partial charge in [0.05, 0.1) is 5.56 Å².